The molecule has 2 amide bonds. The number of aliphatic hydroxyl groups excluding tert-OH is 1. The number of aromatic amines is 1. The molecule has 0 bridgehead atoms. The van der Waals surface area contributed by atoms with E-state index in [0.717, 1.165) is 85.1 Å². The van der Waals surface area contributed by atoms with Crippen LogP contribution in [-0.4, -0.2) is 54.3 Å². The van der Waals surface area contributed by atoms with Crippen molar-refractivity contribution in [3.05, 3.63) is 113 Å². The molecule has 3 rings (SSSR count). The molecule has 1 aromatic carbocycles. The second kappa shape index (κ2) is 24.0. The molecule has 270 valence electrons. The lowest BCUT2D eigenvalue weighted by atomic mass is 10.0. The molecule has 0 radical (unpaired) electrons. The number of aryl methyl sites for hydroxylation is 1. The molecule has 8 heteroatoms. The Kier molecular flexibility index (Phi) is 19.3. The van der Waals surface area contributed by atoms with Crippen molar-refractivity contribution in [1.82, 2.24) is 20.9 Å². The Morgan fingerprint density at radius 2 is 1.50 bits per heavy atom. The Labute approximate surface area is 300 Å². The van der Waals surface area contributed by atoms with Gasteiger partial charge in [-0.1, -0.05) is 85.9 Å². The molecule has 8 nitrogen and oxygen atoms in total. The summed E-state index contributed by atoms with van der Waals surface area (Å²) < 4.78 is 0. The summed E-state index contributed by atoms with van der Waals surface area (Å²) in [7, 11) is 0. The van der Waals surface area contributed by atoms with Gasteiger partial charge in [-0.3, -0.25) is 14.9 Å². The molecule has 0 aliphatic carbocycles. The average Bonchev–Trinajstić information content (AvgIpc) is 3.57. The molecule has 6 N–H and O–H groups in total. The topological polar surface area (TPSA) is 118 Å². The molecule has 2 aromatic rings. The SMILES string of the molecule is CCC=CCC=CCC=CCC=CCC=CCCCC(=O)NCCNCCNC(O)CCc1c(C)[nH]c(C=C2C(=O)Nc3ccccc32)c1C. The molecule has 0 saturated heterocycles. The minimum absolute atomic E-state index is 0.0821. The van der Waals surface area contributed by atoms with E-state index in [1.54, 1.807) is 0 Å². The van der Waals surface area contributed by atoms with Crippen molar-refractivity contribution in [2.75, 3.05) is 31.5 Å². The van der Waals surface area contributed by atoms with Gasteiger partial charge in [-0.05, 0) is 94.9 Å². The number of unbranched alkanes of at least 4 members (excludes halogenated alkanes) is 1. The van der Waals surface area contributed by atoms with Crippen LogP contribution in [0.25, 0.3) is 11.6 Å². The van der Waals surface area contributed by atoms with Crippen molar-refractivity contribution in [3.63, 3.8) is 0 Å². The van der Waals surface area contributed by atoms with E-state index in [4.69, 9.17) is 0 Å². The van der Waals surface area contributed by atoms with Gasteiger partial charge in [0.2, 0.25) is 5.91 Å². The number of hydrogen-bond acceptors (Lipinski definition) is 5. The number of para-hydroxylation sites is 1. The lowest BCUT2D eigenvalue weighted by molar-refractivity contribution is -0.121. The normalized spacial score (nSPS) is 14.7. The minimum Gasteiger partial charge on any atom is -0.379 e. The molecule has 50 heavy (non-hydrogen) atoms. The van der Waals surface area contributed by atoms with Gasteiger partial charge in [0.25, 0.3) is 5.91 Å². The number of nitrogens with one attached hydrogen (secondary N) is 5. The fraction of sp³-hybridized carbons (Fsp3) is 0.429. The first-order valence-electron chi connectivity index (χ1n) is 18.3. The maximum Gasteiger partial charge on any atom is 0.256 e. The number of hydrogen-bond donors (Lipinski definition) is 6. The standard InChI is InChI=1S/C42H59N5O3/c1-4-5-6-7-8-9-10-11-12-13-14-15-16-17-18-19-20-25-40(48)44-30-28-43-29-31-45-41(49)27-26-35-33(2)39(46-34(35)3)32-37-36-23-21-22-24-38(36)47-42(37)50/h5-6,8-9,11-12,14-15,17-18,21-24,32,41,43,45-46,49H,4,7,10,13,16,19-20,25-31H2,1-3H3,(H,44,48)(H,47,50). The molecule has 1 aliphatic rings. The average molecular weight is 682 g/mol. The number of carbonyl (C=O) groups is 2. The summed E-state index contributed by atoms with van der Waals surface area (Å²) in [5.74, 6) is -0.0122. The number of amides is 2. The first-order chi connectivity index (χ1) is 24.4. The molecule has 0 saturated carbocycles. The van der Waals surface area contributed by atoms with Gasteiger partial charge in [0.05, 0.1) is 5.57 Å². The monoisotopic (exact) mass is 681 g/mol. The van der Waals surface area contributed by atoms with Gasteiger partial charge in [-0.15, -0.1) is 0 Å². The minimum atomic E-state index is -0.623. The van der Waals surface area contributed by atoms with Gasteiger partial charge < -0.3 is 26.0 Å². The van der Waals surface area contributed by atoms with Gasteiger partial charge in [-0.25, -0.2) is 0 Å². The number of aromatic nitrogens is 1. The van der Waals surface area contributed by atoms with E-state index in [0.29, 0.717) is 44.6 Å². The summed E-state index contributed by atoms with van der Waals surface area (Å²) in [6.45, 7) is 8.82. The van der Waals surface area contributed by atoms with Gasteiger partial charge in [0, 0.05) is 55.2 Å². The van der Waals surface area contributed by atoms with E-state index >= 15 is 0 Å². The lowest BCUT2D eigenvalue weighted by Crippen LogP contribution is -2.38. The number of benzene rings is 1. The highest BCUT2D eigenvalue weighted by Crippen LogP contribution is 2.33. The van der Waals surface area contributed by atoms with E-state index < -0.39 is 6.23 Å². The first-order valence-corrected chi connectivity index (χ1v) is 18.3. The molecule has 2 heterocycles. The van der Waals surface area contributed by atoms with E-state index in [9.17, 15) is 14.7 Å². The third-order valence-corrected chi connectivity index (χ3v) is 8.54. The zero-order chi connectivity index (χ0) is 35.8. The zero-order valence-electron chi connectivity index (χ0n) is 30.4. The Balaban J connectivity index is 1.17. The Morgan fingerprint density at radius 1 is 0.860 bits per heavy atom. The zero-order valence-corrected chi connectivity index (χ0v) is 30.4. The molecule has 1 atom stereocenters. The third kappa shape index (κ3) is 15.1. The van der Waals surface area contributed by atoms with Crippen molar-refractivity contribution in [3.8, 4) is 0 Å². The Hall–Kier alpha value is -4.24. The summed E-state index contributed by atoms with van der Waals surface area (Å²) in [6.07, 6.45) is 31.8. The van der Waals surface area contributed by atoms with Crippen molar-refractivity contribution in [1.29, 1.82) is 0 Å². The van der Waals surface area contributed by atoms with Crippen LogP contribution in [0, 0.1) is 13.8 Å². The Bertz CT molecular complexity index is 1510. The summed E-state index contributed by atoms with van der Waals surface area (Å²) in [5, 5.41) is 22.9. The van der Waals surface area contributed by atoms with Crippen molar-refractivity contribution >= 4 is 29.2 Å². The van der Waals surface area contributed by atoms with Gasteiger partial charge in [0.1, 0.15) is 6.23 Å². The van der Waals surface area contributed by atoms with Crippen LogP contribution in [0.15, 0.2) is 85.0 Å². The molecular formula is C42H59N5O3. The van der Waals surface area contributed by atoms with Crippen molar-refractivity contribution in [2.24, 2.45) is 0 Å². The van der Waals surface area contributed by atoms with E-state index in [1.165, 1.54) is 0 Å². The van der Waals surface area contributed by atoms with Crippen LogP contribution in [0.4, 0.5) is 5.69 Å². The summed E-state index contributed by atoms with van der Waals surface area (Å²) in [6, 6.07) is 7.71. The second-order valence-electron chi connectivity index (χ2n) is 12.5. The van der Waals surface area contributed by atoms with E-state index in [2.05, 4.69) is 101 Å². The van der Waals surface area contributed by atoms with Crippen molar-refractivity contribution in [2.45, 2.75) is 91.2 Å². The van der Waals surface area contributed by atoms with Gasteiger partial charge >= 0.3 is 0 Å². The van der Waals surface area contributed by atoms with Gasteiger partial charge in [0.15, 0.2) is 0 Å². The van der Waals surface area contributed by atoms with Crippen molar-refractivity contribution < 1.29 is 14.7 Å². The summed E-state index contributed by atoms with van der Waals surface area (Å²) in [5.41, 5.74) is 6.63. The number of carbonyl (C=O) groups excluding carboxylic acids is 2. The molecule has 0 fully saturated rings. The summed E-state index contributed by atoms with van der Waals surface area (Å²) in [4.78, 5) is 28.1. The molecule has 1 aromatic heterocycles. The predicted molar refractivity (Wildman–Crippen MR) is 210 cm³/mol. The number of aliphatic hydroxyl groups is 1. The number of fused-ring (bicyclic) bond motifs is 1. The van der Waals surface area contributed by atoms with Crippen LogP contribution >= 0.6 is 0 Å². The van der Waals surface area contributed by atoms with Gasteiger partial charge in [-0.2, -0.15) is 0 Å². The fourth-order valence-corrected chi connectivity index (χ4v) is 5.72. The van der Waals surface area contributed by atoms with Crippen LogP contribution in [-0.2, 0) is 16.0 Å². The molecule has 0 spiro atoms. The highest BCUT2D eigenvalue weighted by molar-refractivity contribution is 6.34. The first kappa shape index (κ1) is 40.2. The largest absolute Gasteiger partial charge is 0.379 e. The van der Waals surface area contributed by atoms with Crippen LogP contribution in [0.5, 0.6) is 0 Å². The number of rotatable bonds is 24. The lowest BCUT2D eigenvalue weighted by Gasteiger charge is -2.14. The second-order valence-corrected chi connectivity index (χ2v) is 12.5. The fourth-order valence-electron chi connectivity index (χ4n) is 5.72. The Morgan fingerprint density at radius 3 is 2.20 bits per heavy atom. The number of H-pyrrole nitrogens is 1. The third-order valence-electron chi connectivity index (χ3n) is 8.54. The van der Waals surface area contributed by atoms with E-state index in [1.807, 2.05) is 37.3 Å². The number of allylic oxidation sites excluding steroid dienone is 10. The molecule has 1 aliphatic heterocycles. The quantitative estimate of drug-likeness (QED) is 0.0296. The van der Waals surface area contributed by atoms with Crippen LogP contribution in [0.1, 0.15) is 92.8 Å². The smallest absolute Gasteiger partial charge is 0.256 e. The highest BCUT2D eigenvalue weighted by Gasteiger charge is 2.24. The number of anilines is 1. The maximum atomic E-state index is 12.5. The van der Waals surface area contributed by atoms with E-state index in [-0.39, 0.29) is 11.8 Å². The summed E-state index contributed by atoms with van der Waals surface area (Å²) >= 11 is 0. The molecule has 1 unspecified atom stereocenters. The van der Waals surface area contributed by atoms with Crippen LogP contribution in [0.2, 0.25) is 0 Å². The highest BCUT2D eigenvalue weighted by atomic mass is 16.3. The molecular weight excluding hydrogens is 622 g/mol. The van der Waals surface area contributed by atoms with Crippen LogP contribution < -0.4 is 21.3 Å². The maximum absolute atomic E-state index is 12.5. The predicted octanol–water partition coefficient (Wildman–Crippen LogP) is 7.59. The van der Waals surface area contributed by atoms with Crippen LogP contribution in [0.3, 0.4) is 0 Å².